The number of nitriles is 2. The predicted octanol–water partition coefficient (Wildman–Crippen LogP) is 0.742. The largest absolute Gasteiger partial charge is 0.465 e. The summed E-state index contributed by atoms with van der Waals surface area (Å²) in [4.78, 5) is 12.0. The van der Waals surface area contributed by atoms with E-state index < -0.39 is 27.4 Å². The zero-order chi connectivity index (χ0) is 16.5. The average Bonchev–Trinajstić information content (AvgIpc) is 2.68. The molecular weight excluding hydrogens is 306 g/mol. The van der Waals surface area contributed by atoms with Crippen LogP contribution in [0.1, 0.15) is 12.5 Å². The van der Waals surface area contributed by atoms with Crippen molar-refractivity contribution in [2.45, 2.75) is 17.4 Å². The first-order valence-corrected chi connectivity index (χ1v) is 7.88. The number of hydrogen-bond donors (Lipinski definition) is 0. The molecule has 0 amide bonds. The van der Waals surface area contributed by atoms with Gasteiger partial charge in [0.15, 0.2) is 11.5 Å². The molecule has 0 fully saturated rings. The molecule has 0 radical (unpaired) electrons. The van der Waals surface area contributed by atoms with Gasteiger partial charge >= 0.3 is 5.97 Å². The lowest BCUT2D eigenvalue weighted by Crippen LogP contribution is -2.48. The zero-order valence-corrected chi connectivity index (χ0v) is 12.8. The van der Waals surface area contributed by atoms with Crippen molar-refractivity contribution in [2.75, 3.05) is 13.7 Å². The van der Waals surface area contributed by atoms with Gasteiger partial charge in [-0.25, -0.2) is 8.42 Å². The smallest absolute Gasteiger partial charge is 0.326 e. The van der Waals surface area contributed by atoms with E-state index in [1.807, 2.05) is 6.07 Å². The standard InChI is InChI=1S/C14H13N3O4S/c1-3-21-13(18)11(8-15)14(9-16)10-6-4-5-7-12(10)22(19,20)17(14)2/h4-7,11H,3H2,1-2H3. The van der Waals surface area contributed by atoms with Crippen LogP contribution in [0.5, 0.6) is 0 Å². The Hall–Kier alpha value is -2.42. The summed E-state index contributed by atoms with van der Waals surface area (Å²) in [5.74, 6) is -2.51. The molecular formula is C14H13N3O4S. The molecule has 2 unspecified atom stereocenters. The Balaban J connectivity index is 2.78. The molecule has 2 atom stereocenters. The molecule has 0 saturated heterocycles. The molecule has 1 aromatic carbocycles. The number of fused-ring (bicyclic) bond motifs is 1. The summed E-state index contributed by atoms with van der Waals surface area (Å²) in [5.41, 5.74) is -1.82. The topological polar surface area (TPSA) is 111 Å². The number of benzene rings is 1. The molecule has 114 valence electrons. The number of hydrogen-bond acceptors (Lipinski definition) is 6. The second kappa shape index (κ2) is 5.41. The Morgan fingerprint density at radius 2 is 2.05 bits per heavy atom. The van der Waals surface area contributed by atoms with Crippen LogP contribution < -0.4 is 0 Å². The van der Waals surface area contributed by atoms with Crippen molar-refractivity contribution in [3.05, 3.63) is 29.8 Å². The van der Waals surface area contributed by atoms with Crippen LogP contribution in [-0.4, -0.2) is 32.3 Å². The van der Waals surface area contributed by atoms with Crippen molar-refractivity contribution in [1.82, 2.24) is 4.31 Å². The molecule has 0 saturated carbocycles. The van der Waals surface area contributed by atoms with Gasteiger partial charge in [-0.3, -0.25) is 4.79 Å². The normalized spacial score (nSPS) is 23.8. The summed E-state index contributed by atoms with van der Waals surface area (Å²) in [7, 11) is -2.77. The van der Waals surface area contributed by atoms with Crippen molar-refractivity contribution in [3.8, 4) is 12.1 Å². The van der Waals surface area contributed by atoms with Gasteiger partial charge in [0.1, 0.15) is 0 Å². The quantitative estimate of drug-likeness (QED) is 0.760. The van der Waals surface area contributed by atoms with Crippen molar-refractivity contribution < 1.29 is 17.9 Å². The molecule has 1 aromatic rings. The number of ether oxygens (including phenoxy) is 1. The molecule has 7 nitrogen and oxygen atoms in total. The number of esters is 1. The van der Waals surface area contributed by atoms with E-state index in [0.717, 1.165) is 4.31 Å². The molecule has 0 spiro atoms. The Morgan fingerprint density at radius 3 is 2.59 bits per heavy atom. The van der Waals surface area contributed by atoms with Crippen LogP contribution in [0.4, 0.5) is 0 Å². The molecule has 0 aromatic heterocycles. The zero-order valence-electron chi connectivity index (χ0n) is 12.0. The van der Waals surface area contributed by atoms with Crippen LogP contribution in [0.3, 0.4) is 0 Å². The number of carbonyl (C=O) groups excluding carboxylic acids is 1. The van der Waals surface area contributed by atoms with Gasteiger partial charge in [0.2, 0.25) is 10.0 Å². The van der Waals surface area contributed by atoms with E-state index in [9.17, 15) is 23.7 Å². The Kier molecular flexibility index (Phi) is 3.92. The van der Waals surface area contributed by atoms with Gasteiger partial charge in [-0.15, -0.1) is 0 Å². The highest BCUT2D eigenvalue weighted by Gasteiger charge is 2.60. The summed E-state index contributed by atoms with van der Waals surface area (Å²) in [6.07, 6.45) is 0. The average molecular weight is 319 g/mol. The lowest BCUT2D eigenvalue weighted by Gasteiger charge is -2.30. The second-order valence-electron chi connectivity index (χ2n) is 4.66. The van der Waals surface area contributed by atoms with Crippen LogP contribution in [0, 0.1) is 28.6 Å². The Labute approximate surface area is 128 Å². The van der Waals surface area contributed by atoms with Crippen LogP contribution in [0.15, 0.2) is 29.2 Å². The lowest BCUT2D eigenvalue weighted by molar-refractivity contribution is -0.148. The van der Waals surface area contributed by atoms with Gasteiger partial charge in [0, 0.05) is 12.6 Å². The number of nitrogens with zero attached hydrogens (tertiary/aromatic N) is 3. The van der Waals surface area contributed by atoms with E-state index in [1.54, 1.807) is 19.1 Å². The molecule has 2 rings (SSSR count). The Bertz CT molecular complexity index is 806. The Morgan fingerprint density at radius 1 is 1.41 bits per heavy atom. The maximum atomic E-state index is 12.5. The van der Waals surface area contributed by atoms with Crippen molar-refractivity contribution >= 4 is 16.0 Å². The number of carbonyl (C=O) groups is 1. The maximum Gasteiger partial charge on any atom is 0.326 e. The van der Waals surface area contributed by atoms with Crippen molar-refractivity contribution in [2.24, 2.45) is 5.92 Å². The highest BCUT2D eigenvalue weighted by Crippen LogP contribution is 2.47. The monoisotopic (exact) mass is 319 g/mol. The summed E-state index contributed by atoms with van der Waals surface area (Å²) in [6.45, 7) is 1.59. The molecule has 8 heteroatoms. The molecule has 1 aliphatic heterocycles. The number of rotatable bonds is 3. The molecule has 0 bridgehead atoms. The van der Waals surface area contributed by atoms with E-state index in [2.05, 4.69) is 0 Å². The SMILES string of the molecule is CCOC(=O)C(C#N)C1(C#N)c2ccccc2S(=O)(=O)N1C. The summed E-state index contributed by atoms with van der Waals surface area (Å²) < 4.78 is 30.6. The first-order chi connectivity index (χ1) is 10.4. The minimum Gasteiger partial charge on any atom is -0.465 e. The summed E-state index contributed by atoms with van der Waals surface area (Å²) in [6, 6.07) is 9.43. The third-order valence-corrected chi connectivity index (χ3v) is 5.59. The number of sulfonamides is 1. The molecule has 1 heterocycles. The van der Waals surface area contributed by atoms with Crippen LogP contribution in [0.2, 0.25) is 0 Å². The van der Waals surface area contributed by atoms with Crippen molar-refractivity contribution in [1.29, 1.82) is 10.5 Å². The molecule has 0 aliphatic carbocycles. The molecule has 0 N–H and O–H groups in total. The molecule has 22 heavy (non-hydrogen) atoms. The highest BCUT2D eigenvalue weighted by molar-refractivity contribution is 7.89. The third kappa shape index (κ3) is 1.89. The maximum absolute atomic E-state index is 12.5. The van der Waals surface area contributed by atoms with Crippen LogP contribution in [-0.2, 0) is 25.1 Å². The minimum atomic E-state index is -3.96. The minimum absolute atomic E-state index is 0.0244. The third-order valence-electron chi connectivity index (χ3n) is 3.67. The summed E-state index contributed by atoms with van der Waals surface area (Å²) >= 11 is 0. The lowest BCUT2D eigenvalue weighted by atomic mass is 9.80. The first kappa shape index (κ1) is 16.0. The van der Waals surface area contributed by atoms with E-state index >= 15 is 0 Å². The fraction of sp³-hybridized carbons (Fsp3) is 0.357. The van der Waals surface area contributed by atoms with Gasteiger partial charge in [-0.1, -0.05) is 18.2 Å². The second-order valence-corrected chi connectivity index (χ2v) is 6.60. The van der Waals surface area contributed by atoms with Gasteiger partial charge in [0.05, 0.1) is 23.6 Å². The van der Waals surface area contributed by atoms with E-state index in [1.165, 1.54) is 25.2 Å². The van der Waals surface area contributed by atoms with Crippen LogP contribution in [0.25, 0.3) is 0 Å². The van der Waals surface area contributed by atoms with Gasteiger partial charge < -0.3 is 4.74 Å². The van der Waals surface area contributed by atoms with Crippen molar-refractivity contribution in [3.63, 3.8) is 0 Å². The predicted molar refractivity (Wildman–Crippen MR) is 74.4 cm³/mol. The van der Waals surface area contributed by atoms with Gasteiger partial charge in [0.25, 0.3) is 0 Å². The van der Waals surface area contributed by atoms with E-state index in [-0.39, 0.29) is 17.1 Å². The fourth-order valence-electron chi connectivity index (χ4n) is 2.59. The van der Waals surface area contributed by atoms with E-state index in [0.29, 0.717) is 0 Å². The first-order valence-electron chi connectivity index (χ1n) is 6.44. The van der Waals surface area contributed by atoms with Gasteiger partial charge in [-0.05, 0) is 13.0 Å². The highest BCUT2D eigenvalue weighted by atomic mass is 32.2. The molecule has 1 aliphatic rings. The van der Waals surface area contributed by atoms with Crippen LogP contribution >= 0.6 is 0 Å². The van der Waals surface area contributed by atoms with E-state index in [4.69, 9.17) is 4.74 Å². The van der Waals surface area contributed by atoms with Gasteiger partial charge in [-0.2, -0.15) is 14.8 Å². The fourth-order valence-corrected chi connectivity index (χ4v) is 4.26. The summed E-state index contributed by atoms with van der Waals surface area (Å²) in [5, 5.41) is 19.0.